The summed E-state index contributed by atoms with van der Waals surface area (Å²) >= 11 is 0. The van der Waals surface area contributed by atoms with Crippen LogP contribution in [0.3, 0.4) is 0 Å². The number of aliphatic hydroxyl groups excluding tert-OH is 2. The molecular formula is C56H114O2. The second-order valence-corrected chi connectivity index (χ2v) is 7.80. The molecule has 0 aliphatic rings. The van der Waals surface area contributed by atoms with Gasteiger partial charge in [-0.2, -0.15) is 0 Å². The van der Waals surface area contributed by atoms with Crippen LogP contribution >= 0.6 is 0 Å². The van der Waals surface area contributed by atoms with Crippen LogP contribution in [0.5, 0.6) is 0 Å². The lowest BCUT2D eigenvalue weighted by atomic mass is 10.8. The molecule has 0 amide bonds. The van der Waals surface area contributed by atoms with Crippen LogP contribution in [-0.2, 0) is 0 Å². The molecule has 0 aliphatic carbocycles. The summed E-state index contributed by atoms with van der Waals surface area (Å²) in [5.41, 5.74) is 0. The van der Waals surface area contributed by atoms with Gasteiger partial charge in [-0.1, -0.05) is 109 Å². The zero-order valence-electron chi connectivity index (χ0n) is 43.4. The standard InChI is InChI=1S/18C3H6.C2H6O2/c18*1-3-2;3-1-2-4/h18*3H,1H2,2H3;3-4H,1-2H2. The molecule has 0 aliphatic heterocycles. The van der Waals surface area contributed by atoms with E-state index >= 15 is 0 Å². The summed E-state index contributed by atoms with van der Waals surface area (Å²) in [5.74, 6) is 0. The summed E-state index contributed by atoms with van der Waals surface area (Å²) in [6, 6.07) is 0. The van der Waals surface area contributed by atoms with Crippen LogP contribution in [0.1, 0.15) is 125 Å². The van der Waals surface area contributed by atoms with Crippen molar-refractivity contribution in [1.29, 1.82) is 0 Å². The molecular weight excluding hydrogens is 705 g/mol. The largest absolute Gasteiger partial charge is 0.394 e. The average Bonchev–Trinajstić information content (AvgIpc) is 3.11. The topological polar surface area (TPSA) is 40.5 Å². The van der Waals surface area contributed by atoms with Gasteiger partial charge in [0, 0.05) is 0 Å². The van der Waals surface area contributed by atoms with Crippen LogP contribution < -0.4 is 0 Å². The monoisotopic (exact) mass is 819 g/mol. The lowest BCUT2D eigenvalue weighted by molar-refractivity contribution is 0.186. The first-order chi connectivity index (χ1) is 27.4. The van der Waals surface area contributed by atoms with Crippen molar-refractivity contribution < 1.29 is 10.2 Å². The normalized spacial score (nSPS) is 4.55. The van der Waals surface area contributed by atoms with E-state index in [1.54, 1.807) is 109 Å². The van der Waals surface area contributed by atoms with E-state index in [9.17, 15) is 0 Å². The van der Waals surface area contributed by atoms with E-state index in [1.165, 1.54) is 0 Å². The Kier molecular flexibility index (Phi) is 1260. The van der Waals surface area contributed by atoms with Gasteiger partial charge in [-0.15, -0.1) is 118 Å². The molecule has 0 unspecified atom stereocenters. The van der Waals surface area contributed by atoms with Crippen molar-refractivity contribution in [2.45, 2.75) is 125 Å². The summed E-state index contributed by atoms with van der Waals surface area (Å²) in [6.45, 7) is 94.2. The van der Waals surface area contributed by atoms with E-state index < -0.39 is 0 Å². The maximum atomic E-state index is 7.62. The second-order valence-electron chi connectivity index (χ2n) is 7.80. The predicted octanol–water partition coefficient (Wildman–Crippen LogP) is 20.4. The van der Waals surface area contributed by atoms with E-state index in [-0.39, 0.29) is 13.2 Å². The van der Waals surface area contributed by atoms with Gasteiger partial charge in [0.05, 0.1) is 13.2 Å². The van der Waals surface area contributed by atoms with E-state index in [1.807, 2.05) is 125 Å². The molecule has 0 heterocycles. The van der Waals surface area contributed by atoms with Crippen LogP contribution in [0.25, 0.3) is 0 Å². The molecule has 0 fully saturated rings. The fraction of sp³-hybridized carbons (Fsp3) is 0.357. The lowest BCUT2D eigenvalue weighted by Gasteiger charge is -1.70. The molecule has 2 heteroatoms. The van der Waals surface area contributed by atoms with Crippen molar-refractivity contribution >= 4 is 0 Å². The zero-order valence-corrected chi connectivity index (χ0v) is 43.4. The minimum Gasteiger partial charge on any atom is -0.394 e. The minimum absolute atomic E-state index is 0.125. The van der Waals surface area contributed by atoms with E-state index in [2.05, 4.69) is 118 Å². The molecule has 0 bridgehead atoms. The number of allylic oxidation sites excluding steroid dienone is 18. The van der Waals surface area contributed by atoms with Crippen molar-refractivity contribution in [1.82, 2.24) is 0 Å². The van der Waals surface area contributed by atoms with Crippen molar-refractivity contribution in [3.63, 3.8) is 0 Å². The quantitative estimate of drug-likeness (QED) is 0.259. The molecule has 0 aromatic rings. The number of hydrogen-bond donors (Lipinski definition) is 2. The molecule has 0 saturated heterocycles. The average molecular weight is 820 g/mol. The van der Waals surface area contributed by atoms with Gasteiger partial charge in [0.25, 0.3) is 0 Å². The van der Waals surface area contributed by atoms with E-state index in [0.29, 0.717) is 0 Å². The highest BCUT2D eigenvalue weighted by Crippen LogP contribution is 1.43. The zero-order chi connectivity index (χ0) is 52.1. The SMILES string of the molecule is C=CC.C=CC.C=CC.C=CC.C=CC.C=CC.C=CC.C=CC.C=CC.C=CC.C=CC.C=CC.C=CC.C=CC.C=CC.C=CC.C=CC.C=CC.OCCO. The third-order valence-electron chi connectivity index (χ3n) is 0.1000. The van der Waals surface area contributed by atoms with Gasteiger partial charge in [0.15, 0.2) is 0 Å². The molecule has 0 aromatic carbocycles. The Morgan fingerprint density at radius 3 is 0.190 bits per heavy atom. The first-order valence-electron chi connectivity index (χ1n) is 18.9. The van der Waals surface area contributed by atoms with Crippen LogP contribution in [0.15, 0.2) is 228 Å². The number of aliphatic hydroxyl groups is 2. The Hall–Kier alpha value is -4.76. The molecule has 0 aromatic heterocycles. The third kappa shape index (κ3) is 9150. The van der Waals surface area contributed by atoms with E-state index in [0.717, 1.165) is 0 Å². The molecule has 350 valence electrons. The van der Waals surface area contributed by atoms with Gasteiger partial charge in [-0.25, -0.2) is 0 Å². The smallest absolute Gasteiger partial charge is 0.0662 e. The van der Waals surface area contributed by atoms with Crippen LogP contribution in [0, 0.1) is 0 Å². The number of hydrogen-bond acceptors (Lipinski definition) is 2. The van der Waals surface area contributed by atoms with Gasteiger partial charge in [-0.3, -0.25) is 0 Å². The fourth-order valence-electron chi connectivity index (χ4n) is 0. The Morgan fingerprint density at radius 2 is 0.190 bits per heavy atom. The minimum atomic E-state index is -0.125. The van der Waals surface area contributed by atoms with Gasteiger partial charge in [0.2, 0.25) is 0 Å². The van der Waals surface area contributed by atoms with Gasteiger partial charge >= 0.3 is 0 Å². The van der Waals surface area contributed by atoms with Crippen molar-refractivity contribution in [3.8, 4) is 0 Å². The fourth-order valence-corrected chi connectivity index (χ4v) is 0. The molecule has 2 N–H and O–H groups in total. The number of rotatable bonds is 1. The molecule has 0 atom stereocenters. The first kappa shape index (κ1) is 124. The molecule has 0 spiro atoms. The molecule has 0 rings (SSSR count). The summed E-state index contributed by atoms with van der Waals surface area (Å²) in [7, 11) is 0. The van der Waals surface area contributed by atoms with Crippen molar-refractivity contribution in [2.75, 3.05) is 13.2 Å². The van der Waals surface area contributed by atoms with Crippen LogP contribution in [-0.4, -0.2) is 23.4 Å². The summed E-state index contributed by atoms with van der Waals surface area (Å²) in [6.07, 6.45) is 31.5. The Balaban J connectivity index is -0.0000000163. The first-order valence-corrected chi connectivity index (χ1v) is 18.9. The highest BCUT2D eigenvalue weighted by atomic mass is 16.3. The van der Waals surface area contributed by atoms with Crippen LogP contribution in [0.2, 0.25) is 0 Å². The molecule has 58 heavy (non-hydrogen) atoms. The highest BCUT2D eigenvalue weighted by molar-refractivity contribution is 4.56. The Morgan fingerprint density at radius 1 is 0.172 bits per heavy atom. The molecule has 0 radical (unpaired) electrons. The third-order valence-corrected chi connectivity index (χ3v) is 0.1000. The van der Waals surface area contributed by atoms with Crippen molar-refractivity contribution in [3.05, 3.63) is 228 Å². The van der Waals surface area contributed by atoms with Gasteiger partial charge in [0.1, 0.15) is 0 Å². The second kappa shape index (κ2) is 591. The maximum Gasteiger partial charge on any atom is 0.0662 e. The summed E-state index contributed by atoms with van der Waals surface area (Å²) < 4.78 is 0. The highest BCUT2D eigenvalue weighted by Gasteiger charge is 1.58. The summed E-state index contributed by atoms with van der Waals surface area (Å²) in [4.78, 5) is 0. The molecule has 0 saturated carbocycles. The molecule has 2 nitrogen and oxygen atoms in total. The Bertz CT molecular complexity index is 400. The van der Waals surface area contributed by atoms with Crippen LogP contribution in [0.4, 0.5) is 0 Å². The van der Waals surface area contributed by atoms with E-state index in [4.69, 9.17) is 10.2 Å². The van der Waals surface area contributed by atoms with Crippen molar-refractivity contribution in [2.24, 2.45) is 0 Å². The lowest BCUT2D eigenvalue weighted by Crippen LogP contribution is -1.85. The van der Waals surface area contributed by atoms with Gasteiger partial charge in [-0.05, 0) is 125 Å². The van der Waals surface area contributed by atoms with Gasteiger partial charge < -0.3 is 10.2 Å². The maximum absolute atomic E-state index is 7.62. The predicted molar refractivity (Wildman–Crippen MR) is 300 cm³/mol. The Labute approximate surface area is 374 Å². The summed E-state index contributed by atoms with van der Waals surface area (Å²) in [5, 5.41) is 15.2.